The Hall–Kier alpha value is -2.59. The Morgan fingerprint density at radius 1 is 1.20 bits per heavy atom. The van der Waals surface area contributed by atoms with Crippen LogP contribution in [0.1, 0.15) is 11.1 Å². The highest BCUT2D eigenvalue weighted by Gasteiger charge is 2.11. The lowest BCUT2D eigenvalue weighted by atomic mass is 10.0. The molecule has 4 nitrogen and oxygen atoms in total. The second-order valence-electron chi connectivity index (χ2n) is 2.82. The van der Waals surface area contributed by atoms with E-state index in [0.717, 1.165) is 0 Å². The summed E-state index contributed by atoms with van der Waals surface area (Å²) in [6, 6.07) is 8.98. The zero-order valence-electron chi connectivity index (χ0n) is 7.64. The van der Waals surface area contributed by atoms with Crippen LogP contribution in [0.2, 0.25) is 0 Å². The molecule has 0 aliphatic heterocycles. The Balaban J connectivity index is 2.70. The second kappa shape index (κ2) is 3.65. The first-order chi connectivity index (χ1) is 7.36. The molecule has 1 aromatic carbocycles. The van der Waals surface area contributed by atoms with Crippen LogP contribution in [0.25, 0.3) is 11.3 Å². The lowest BCUT2D eigenvalue weighted by Gasteiger charge is -2.00. The molecule has 1 aromatic heterocycles. The van der Waals surface area contributed by atoms with E-state index >= 15 is 0 Å². The van der Waals surface area contributed by atoms with Gasteiger partial charge < -0.3 is 4.42 Å². The van der Waals surface area contributed by atoms with E-state index in [1.165, 1.54) is 12.6 Å². The highest BCUT2D eigenvalue weighted by molar-refractivity contribution is 5.69. The van der Waals surface area contributed by atoms with Gasteiger partial charge >= 0.3 is 0 Å². The van der Waals surface area contributed by atoms with E-state index in [1.807, 2.05) is 12.1 Å². The van der Waals surface area contributed by atoms with Crippen molar-refractivity contribution in [1.82, 2.24) is 4.98 Å². The minimum atomic E-state index is 0.316. The fraction of sp³-hybridized carbons (Fsp3) is 0. The molecule has 70 valence electrons. The summed E-state index contributed by atoms with van der Waals surface area (Å²) >= 11 is 0. The number of rotatable bonds is 1. The van der Waals surface area contributed by atoms with Gasteiger partial charge in [-0.15, -0.1) is 0 Å². The van der Waals surface area contributed by atoms with E-state index in [2.05, 4.69) is 4.98 Å². The Bertz CT molecular complexity index is 559. The maximum Gasteiger partial charge on any atom is 0.181 e. The van der Waals surface area contributed by atoms with Gasteiger partial charge in [0.25, 0.3) is 0 Å². The Kier molecular flexibility index (Phi) is 2.19. The number of hydrogen-bond donors (Lipinski definition) is 0. The lowest BCUT2D eigenvalue weighted by Crippen LogP contribution is -1.87. The molecule has 2 rings (SSSR count). The van der Waals surface area contributed by atoms with Crippen LogP contribution in [0, 0.1) is 22.7 Å². The van der Waals surface area contributed by atoms with Crippen molar-refractivity contribution in [3.05, 3.63) is 41.9 Å². The fourth-order valence-corrected chi connectivity index (χ4v) is 1.32. The topological polar surface area (TPSA) is 73.6 Å². The first-order valence-corrected chi connectivity index (χ1v) is 4.19. The molecule has 0 saturated heterocycles. The second-order valence-corrected chi connectivity index (χ2v) is 2.82. The first kappa shape index (κ1) is 8.98. The van der Waals surface area contributed by atoms with E-state index in [-0.39, 0.29) is 0 Å². The Morgan fingerprint density at radius 3 is 2.67 bits per heavy atom. The zero-order valence-corrected chi connectivity index (χ0v) is 7.64. The summed E-state index contributed by atoms with van der Waals surface area (Å²) in [6.45, 7) is 0. The van der Waals surface area contributed by atoms with Crippen LogP contribution in [0.15, 0.2) is 35.2 Å². The number of hydrogen-bond acceptors (Lipinski definition) is 4. The number of aromatic nitrogens is 1. The van der Waals surface area contributed by atoms with E-state index in [9.17, 15) is 0 Å². The third kappa shape index (κ3) is 1.45. The third-order valence-electron chi connectivity index (χ3n) is 1.99. The minimum absolute atomic E-state index is 0.316. The monoisotopic (exact) mass is 195 g/mol. The van der Waals surface area contributed by atoms with Gasteiger partial charge in [-0.2, -0.15) is 10.5 Å². The van der Waals surface area contributed by atoms with Gasteiger partial charge in [0.05, 0.1) is 17.3 Å². The van der Waals surface area contributed by atoms with E-state index < -0.39 is 0 Å². The van der Waals surface area contributed by atoms with Crippen molar-refractivity contribution < 1.29 is 4.42 Å². The maximum absolute atomic E-state index is 8.97. The Labute approximate surface area is 86.0 Å². The largest absolute Gasteiger partial charge is 0.443 e. The number of nitrogens with zero attached hydrogens (tertiary/aromatic N) is 3. The molecule has 0 atom stereocenters. The average molecular weight is 195 g/mol. The molecule has 15 heavy (non-hydrogen) atoms. The van der Waals surface area contributed by atoms with Crippen molar-refractivity contribution in [2.75, 3.05) is 0 Å². The molecule has 0 fully saturated rings. The third-order valence-corrected chi connectivity index (χ3v) is 1.99. The van der Waals surface area contributed by atoms with Gasteiger partial charge in [-0.05, 0) is 12.1 Å². The zero-order chi connectivity index (χ0) is 10.7. The van der Waals surface area contributed by atoms with Crippen LogP contribution in [0.4, 0.5) is 0 Å². The van der Waals surface area contributed by atoms with Gasteiger partial charge in [0, 0.05) is 5.56 Å². The maximum atomic E-state index is 8.97. The summed E-state index contributed by atoms with van der Waals surface area (Å²) in [5.74, 6) is 0.489. The molecule has 4 heteroatoms. The standard InChI is InChI=1S/C11H5N3O/c12-4-8-2-1-3-9(10(8)5-13)11-6-14-7-15-11/h1-3,6-7H. The predicted molar refractivity (Wildman–Crippen MR) is 51.4 cm³/mol. The van der Waals surface area contributed by atoms with Crippen LogP contribution in [0.3, 0.4) is 0 Å². The van der Waals surface area contributed by atoms with E-state index in [4.69, 9.17) is 14.9 Å². The Morgan fingerprint density at radius 2 is 2.07 bits per heavy atom. The number of nitriles is 2. The van der Waals surface area contributed by atoms with Crippen LogP contribution in [-0.2, 0) is 0 Å². The average Bonchev–Trinajstić information content (AvgIpc) is 2.81. The van der Waals surface area contributed by atoms with Crippen molar-refractivity contribution >= 4 is 0 Å². The van der Waals surface area contributed by atoms with Gasteiger partial charge in [0.1, 0.15) is 12.1 Å². The molecule has 2 aromatic rings. The molecule has 1 heterocycles. The van der Waals surface area contributed by atoms with Crippen LogP contribution >= 0.6 is 0 Å². The summed E-state index contributed by atoms with van der Waals surface area (Å²) in [5.41, 5.74) is 1.25. The first-order valence-electron chi connectivity index (χ1n) is 4.19. The molecule has 0 bridgehead atoms. The summed E-state index contributed by atoms with van der Waals surface area (Å²) in [4.78, 5) is 3.77. The quantitative estimate of drug-likeness (QED) is 0.698. The van der Waals surface area contributed by atoms with E-state index in [0.29, 0.717) is 22.5 Å². The summed E-state index contributed by atoms with van der Waals surface area (Å²) in [5, 5.41) is 17.8. The molecule has 0 spiro atoms. The molecule has 0 N–H and O–H groups in total. The minimum Gasteiger partial charge on any atom is -0.443 e. The van der Waals surface area contributed by atoms with Crippen LogP contribution < -0.4 is 0 Å². The van der Waals surface area contributed by atoms with Gasteiger partial charge in [0.15, 0.2) is 12.2 Å². The summed E-state index contributed by atoms with van der Waals surface area (Å²) in [6.07, 6.45) is 2.80. The molecule has 0 saturated carbocycles. The van der Waals surface area contributed by atoms with Gasteiger partial charge in [-0.3, -0.25) is 0 Å². The number of oxazole rings is 1. The molecule has 0 aliphatic rings. The molecule has 0 aliphatic carbocycles. The smallest absolute Gasteiger partial charge is 0.181 e. The number of benzene rings is 1. The molecular formula is C11H5N3O. The molecule has 0 unspecified atom stereocenters. The molecule has 0 radical (unpaired) electrons. The van der Waals surface area contributed by atoms with Gasteiger partial charge in [-0.25, -0.2) is 4.98 Å². The lowest BCUT2D eigenvalue weighted by molar-refractivity contribution is 0.572. The van der Waals surface area contributed by atoms with Gasteiger partial charge in [-0.1, -0.05) is 6.07 Å². The van der Waals surface area contributed by atoms with E-state index in [1.54, 1.807) is 18.2 Å². The summed E-state index contributed by atoms with van der Waals surface area (Å²) < 4.78 is 5.09. The fourth-order valence-electron chi connectivity index (χ4n) is 1.32. The predicted octanol–water partition coefficient (Wildman–Crippen LogP) is 2.08. The van der Waals surface area contributed by atoms with Crippen molar-refractivity contribution in [3.8, 4) is 23.5 Å². The van der Waals surface area contributed by atoms with Crippen molar-refractivity contribution in [2.45, 2.75) is 0 Å². The highest BCUT2D eigenvalue weighted by Crippen LogP contribution is 2.24. The SMILES string of the molecule is N#Cc1cccc(-c2cnco2)c1C#N. The van der Waals surface area contributed by atoms with Crippen LogP contribution in [0.5, 0.6) is 0 Å². The normalized spacial score (nSPS) is 9.20. The van der Waals surface area contributed by atoms with Crippen molar-refractivity contribution in [1.29, 1.82) is 10.5 Å². The molecule has 0 amide bonds. The summed E-state index contributed by atoms with van der Waals surface area (Å²) in [7, 11) is 0. The highest BCUT2D eigenvalue weighted by atomic mass is 16.3. The molecular weight excluding hydrogens is 190 g/mol. The van der Waals surface area contributed by atoms with Crippen LogP contribution in [-0.4, -0.2) is 4.98 Å². The van der Waals surface area contributed by atoms with Crippen molar-refractivity contribution in [2.24, 2.45) is 0 Å². The van der Waals surface area contributed by atoms with Crippen molar-refractivity contribution in [3.63, 3.8) is 0 Å². The van der Waals surface area contributed by atoms with Gasteiger partial charge in [0.2, 0.25) is 0 Å².